The Labute approximate surface area is 92.5 Å². The molecule has 0 atom stereocenters. The van der Waals surface area contributed by atoms with E-state index in [1.165, 1.54) is 0 Å². The number of phenols is 1. The molecule has 0 amide bonds. The predicted octanol–water partition coefficient (Wildman–Crippen LogP) is 3.90. The zero-order valence-corrected chi connectivity index (χ0v) is 10.1. The van der Waals surface area contributed by atoms with E-state index in [9.17, 15) is 5.11 Å². The third kappa shape index (κ3) is 2.41. The van der Waals surface area contributed by atoms with Gasteiger partial charge in [0.1, 0.15) is 5.75 Å². The summed E-state index contributed by atoms with van der Waals surface area (Å²) in [6, 6.07) is 3.90. The maximum Gasteiger partial charge on any atom is 0.119 e. The summed E-state index contributed by atoms with van der Waals surface area (Å²) in [6.45, 7) is 12.2. The molecule has 15 heavy (non-hydrogen) atoms. The van der Waals surface area contributed by atoms with Gasteiger partial charge in [-0.1, -0.05) is 40.3 Å². The van der Waals surface area contributed by atoms with Gasteiger partial charge < -0.3 is 5.11 Å². The molecule has 0 aromatic heterocycles. The number of aromatic hydroxyl groups is 1. The number of hydrogen-bond acceptors (Lipinski definition) is 1. The Bertz CT molecular complexity index is 370. The van der Waals surface area contributed by atoms with Crippen molar-refractivity contribution in [2.24, 2.45) is 0 Å². The summed E-state index contributed by atoms with van der Waals surface area (Å²) >= 11 is 0. The average Bonchev–Trinajstić information content (AvgIpc) is 2.15. The molecule has 0 saturated heterocycles. The standard InChI is InChI=1S/C14H20O/c1-6-10-8-12(14(3,4)5)13(15)9-11(10)7-2/h6,8-9,15H,1,7H2,2-5H3. The SMILES string of the molecule is C=Cc1cc(C(C)(C)C)c(O)cc1CC. The van der Waals surface area contributed by atoms with Crippen LogP contribution in [-0.4, -0.2) is 5.11 Å². The zero-order valence-electron chi connectivity index (χ0n) is 10.1. The van der Waals surface area contributed by atoms with Gasteiger partial charge >= 0.3 is 0 Å². The molecule has 0 aliphatic carbocycles. The van der Waals surface area contributed by atoms with Crippen molar-refractivity contribution in [2.45, 2.75) is 39.5 Å². The molecule has 0 aliphatic rings. The Morgan fingerprint density at radius 1 is 1.33 bits per heavy atom. The summed E-state index contributed by atoms with van der Waals surface area (Å²) in [4.78, 5) is 0. The van der Waals surface area contributed by atoms with Gasteiger partial charge in [-0.2, -0.15) is 0 Å². The van der Waals surface area contributed by atoms with E-state index in [0.29, 0.717) is 5.75 Å². The van der Waals surface area contributed by atoms with Crippen LogP contribution in [0.2, 0.25) is 0 Å². The van der Waals surface area contributed by atoms with Crippen molar-refractivity contribution in [1.29, 1.82) is 0 Å². The Hall–Kier alpha value is -1.24. The third-order valence-electron chi connectivity index (χ3n) is 2.67. The lowest BCUT2D eigenvalue weighted by Gasteiger charge is -2.22. The normalized spacial score (nSPS) is 11.5. The minimum absolute atomic E-state index is 0.0336. The zero-order chi connectivity index (χ0) is 11.6. The van der Waals surface area contributed by atoms with E-state index in [1.54, 1.807) is 0 Å². The molecule has 82 valence electrons. The van der Waals surface area contributed by atoms with Crippen LogP contribution in [0, 0.1) is 0 Å². The second kappa shape index (κ2) is 4.09. The van der Waals surface area contributed by atoms with Crippen molar-refractivity contribution < 1.29 is 5.11 Å². The van der Waals surface area contributed by atoms with Crippen LogP contribution < -0.4 is 0 Å². The lowest BCUT2D eigenvalue weighted by Crippen LogP contribution is -2.12. The van der Waals surface area contributed by atoms with Crippen molar-refractivity contribution in [2.75, 3.05) is 0 Å². The molecule has 0 radical (unpaired) electrons. The Kier molecular flexibility index (Phi) is 3.23. The summed E-state index contributed by atoms with van der Waals surface area (Å²) in [7, 11) is 0. The number of benzene rings is 1. The number of rotatable bonds is 2. The molecule has 1 aromatic rings. The summed E-state index contributed by atoms with van der Waals surface area (Å²) in [5, 5.41) is 9.94. The van der Waals surface area contributed by atoms with Crippen LogP contribution >= 0.6 is 0 Å². The van der Waals surface area contributed by atoms with Crippen molar-refractivity contribution in [3.8, 4) is 5.75 Å². The second-order valence-corrected chi connectivity index (χ2v) is 4.88. The van der Waals surface area contributed by atoms with Gasteiger partial charge in [0.25, 0.3) is 0 Å². The van der Waals surface area contributed by atoms with E-state index < -0.39 is 0 Å². The largest absolute Gasteiger partial charge is 0.508 e. The van der Waals surface area contributed by atoms with Crippen LogP contribution in [0.5, 0.6) is 5.75 Å². The maximum atomic E-state index is 9.94. The first kappa shape index (κ1) is 11.8. The van der Waals surface area contributed by atoms with E-state index in [4.69, 9.17) is 0 Å². The molecule has 0 spiro atoms. The van der Waals surface area contributed by atoms with E-state index >= 15 is 0 Å². The second-order valence-electron chi connectivity index (χ2n) is 4.88. The summed E-state index contributed by atoms with van der Waals surface area (Å²) < 4.78 is 0. The molecule has 0 fully saturated rings. The average molecular weight is 204 g/mol. The molecule has 1 aromatic carbocycles. The summed E-state index contributed by atoms with van der Waals surface area (Å²) in [5.41, 5.74) is 3.22. The first-order chi connectivity index (χ1) is 6.90. The van der Waals surface area contributed by atoms with Gasteiger partial charge in [0.15, 0.2) is 0 Å². The van der Waals surface area contributed by atoms with Crippen LogP contribution in [0.1, 0.15) is 44.4 Å². The Balaban J connectivity index is 3.39. The van der Waals surface area contributed by atoms with E-state index in [-0.39, 0.29) is 5.41 Å². The Morgan fingerprint density at radius 2 is 1.93 bits per heavy atom. The van der Waals surface area contributed by atoms with Crippen molar-refractivity contribution in [3.05, 3.63) is 35.4 Å². The highest BCUT2D eigenvalue weighted by atomic mass is 16.3. The van der Waals surface area contributed by atoms with E-state index in [1.807, 2.05) is 18.2 Å². The minimum Gasteiger partial charge on any atom is -0.508 e. The van der Waals surface area contributed by atoms with E-state index in [0.717, 1.165) is 23.1 Å². The predicted molar refractivity (Wildman–Crippen MR) is 66.3 cm³/mol. The van der Waals surface area contributed by atoms with Gasteiger partial charge in [-0.05, 0) is 40.7 Å². The van der Waals surface area contributed by atoms with Gasteiger partial charge in [-0.15, -0.1) is 0 Å². The first-order valence-corrected chi connectivity index (χ1v) is 5.39. The fourth-order valence-corrected chi connectivity index (χ4v) is 1.75. The highest BCUT2D eigenvalue weighted by molar-refractivity contribution is 5.57. The fourth-order valence-electron chi connectivity index (χ4n) is 1.75. The molecule has 1 rings (SSSR count). The van der Waals surface area contributed by atoms with Crippen molar-refractivity contribution in [1.82, 2.24) is 0 Å². The first-order valence-electron chi connectivity index (χ1n) is 5.39. The molecule has 1 nitrogen and oxygen atoms in total. The van der Waals surface area contributed by atoms with Crippen molar-refractivity contribution in [3.63, 3.8) is 0 Å². The van der Waals surface area contributed by atoms with Gasteiger partial charge in [-0.25, -0.2) is 0 Å². The smallest absolute Gasteiger partial charge is 0.119 e. The molecule has 0 unspecified atom stereocenters. The number of aryl methyl sites for hydroxylation is 1. The number of phenolic OH excluding ortho intramolecular Hbond substituents is 1. The highest BCUT2D eigenvalue weighted by Crippen LogP contribution is 2.33. The number of hydrogen-bond donors (Lipinski definition) is 1. The van der Waals surface area contributed by atoms with Crippen molar-refractivity contribution >= 4 is 6.08 Å². The monoisotopic (exact) mass is 204 g/mol. The molecule has 0 bridgehead atoms. The van der Waals surface area contributed by atoms with Gasteiger partial charge in [0.2, 0.25) is 0 Å². The van der Waals surface area contributed by atoms with Crippen LogP contribution in [0.4, 0.5) is 0 Å². The Morgan fingerprint density at radius 3 is 2.33 bits per heavy atom. The van der Waals surface area contributed by atoms with Gasteiger partial charge in [0, 0.05) is 0 Å². The highest BCUT2D eigenvalue weighted by Gasteiger charge is 2.19. The van der Waals surface area contributed by atoms with Gasteiger partial charge in [-0.3, -0.25) is 0 Å². The molecule has 0 aliphatic heterocycles. The summed E-state index contributed by atoms with van der Waals surface area (Å²) in [6.07, 6.45) is 2.77. The third-order valence-corrected chi connectivity index (χ3v) is 2.67. The summed E-state index contributed by atoms with van der Waals surface area (Å²) in [5.74, 6) is 0.393. The van der Waals surface area contributed by atoms with Crippen LogP contribution in [0.3, 0.4) is 0 Å². The quantitative estimate of drug-likeness (QED) is 0.774. The molecule has 0 saturated carbocycles. The van der Waals surface area contributed by atoms with Gasteiger partial charge in [0.05, 0.1) is 0 Å². The molecule has 1 N–H and O–H groups in total. The molecule has 0 heterocycles. The van der Waals surface area contributed by atoms with Crippen LogP contribution in [0.15, 0.2) is 18.7 Å². The van der Waals surface area contributed by atoms with Crippen LogP contribution in [-0.2, 0) is 11.8 Å². The van der Waals surface area contributed by atoms with Crippen LogP contribution in [0.25, 0.3) is 6.08 Å². The molecule has 1 heteroatoms. The maximum absolute atomic E-state index is 9.94. The molecular formula is C14H20O. The fraction of sp³-hybridized carbons (Fsp3) is 0.429. The topological polar surface area (TPSA) is 20.2 Å². The molecular weight excluding hydrogens is 184 g/mol. The van der Waals surface area contributed by atoms with E-state index in [2.05, 4.69) is 34.3 Å². The minimum atomic E-state index is -0.0336. The lowest BCUT2D eigenvalue weighted by atomic mass is 9.84. The lowest BCUT2D eigenvalue weighted by molar-refractivity contribution is 0.446.